The average molecular weight is 356 g/mol. The number of nitrogens with one attached hydrogen (secondary N) is 1. The minimum atomic E-state index is -0.849. The fraction of sp³-hybridized carbons (Fsp3) is 0.0556. The van der Waals surface area contributed by atoms with Crippen LogP contribution in [0.25, 0.3) is 0 Å². The summed E-state index contributed by atoms with van der Waals surface area (Å²) >= 11 is 0. The van der Waals surface area contributed by atoms with Crippen molar-refractivity contribution in [1.29, 1.82) is 0 Å². The number of nitrogens with two attached hydrogens (primary N) is 1. The Bertz CT molecular complexity index is 950. The number of nitrogen functional groups attached to an aromatic ring is 1. The molecule has 3 aromatic rings. The molecule has 1 amide bonds. The molecule has 0 bridgehead atoms. The summed E-state index contributed by atoms with van der Waals surface area (Å²) in [5.41, 5.74) is 6.43. The zero-order valence-corrected chi connectivity index (χ0v) is 13.4. The van der Waals surface area contributed by atoms with E-state index in [1.54, 1.807) is 12.1 Å². The summed E-state index contributed by atoms with van der Waals surface area (Å²) in [4.78, 5) is 20.0. The van der Waals surface area contributed by atoms with Gasteiger partial charge in [-0.05, 0) is 30.3 Å². The van der Waals surface area contributed by atoms with E-state index in [4.69, 9.17) is 10.5 Å². The first-order valence-corrected chi connectivity index (χ1v) is 7.59. The number of hydrogen-bond donors (Lipinski definition) is 2. The fourth-order valence-electron chi connectivity index (χ4n) is 2.18. The second kappa shape index (κ2) is 7.56. The van der Waals surface area contributed by atoms with E-state index in [0.717, 1.165) is 6.07 Å². The molecule has 0 aliphatic heterocycles. The zero-order valence-electron chi connectivity index (χ0n) is 13.4. The maximum Gasteiger partial charge on any atom is 0.251 e. The average Bonchev–Trinajstić information content (AvgIpc) is 2.63. The van der Waals surface area contributed by atoms with Crippen LogP contribution >= 0.6 is 0 Å². The quantitative estimate of drug-likeness (QED) is 0.733. The van der Waals surface area contributed by atoms with Gasteiger partial charge in [0.05, 0.1) is 0 Å². The lowest BCUT2D eigenvalue weighted by Crippen LogP contribution is -2.23. The Kier molecular flexibility index (Phi) is 5.02. The predicted octanol–water partition coefficient (Wildman–Crippen LogP) is 3.06. The van der Waals surface area contributed by atoms with Gasteiger partial charge in [-0.3, -0.25) is 4.79 Å². The highest BCUT2D eigenvalue weighted by Crippen LogP contribution is 2.26. The summed E-state index contributed by atoms with van der Waals surface area (Å²) in [6.45, 7) is 0.0903. The molecule has 0 fully saturated rings. The first-order valence-electron chi connectivity index (χ1n) is 7.59. The molecule has 0 saturated heterocycles. The molecule has 0 aliphatic carbocycles. The summed E-state index contributed by atoms with van der Waals surface area (Å²) in [7, 11) is 0. The molecule has 6 nitrogen and oxygen atoms in total. The van der Waals surface area contributed by atoms with E-state index in [1.165, 1.54) is 30.6 Å². The molecule has 0 radical (unpaired) electrons. The normalized spacial score (nSPS) is 10.4. The molecule has 0 atom stereocenters. The van der Waals surface area contributed by atoms with Crippen LogP contribution in [-0.4, -0.2) is 15.9 Å². The fourth-order valence-corrected chi connectivity index (χ4v) is 2.18. The van der Waals surface area contributed by atoms with E-state index in [-0.39, 0.29) is 29.9 Å². The summed E-state index contributed by atoms with van der Waals surface area (Å²) in [5, 5.41) is 2.70. The van der Waals surface area contributed by atoms with Gasteiger partial charge in [0.15, 0.2) is 11.6 Å². The van der Waals surface area contributed by atoms with E-state index in [2.05, 4.69) is 15.3 Å². The third kappa shape index (κ3) is 4.10. The third-order valence-electron chi connectivity index (χ3n) is 3.43. The standard InChI is InChI=1S/C18H14F2N4O2/c19-13-3-4-15(14(20)9-13)26-18-12(2-1-6-23-18)10-24-17(25)11-5-7-22-16(21)8-11/h1-9H,10H2,(H2,21,22)(H,24,25). The molecule has 3 rings (SSSR count). The van der Waals surface area contributed by atoms with Gasteiger partial charge >= 0.3 is 0 Å². The molecule has 2 aromatic heterocycles. The second-order valence-electron chi connectivity index (χ2n) is 5.30. The van der Waals surface area contributed by atoms with Crippen molar-refractivity contribution in [2.75, 3.05) is 5.73 Å². The van der Waals surface area contributed by atoms with Crippen LogP contribution in [0.3, 0.4) is 0 Å². The number of nitrogens with zero attached hydrogens (tertiary/aromatic N) is 2. The number of benzene rings is 1. The Hall–Kier alpha value is -3.55. The lowest BCUT2D eigenvalue weighted by molar-refractivity contribution is 0.0950. The molecule has 132 valence electrons. The number of anilines is 1. The number of amides is 1. The van der Waals surface area contributed by atoms with E-state index < -0.39 is 11.6 Å². The van der Waals surface area contributed by atoms with Crippen LogP contribution in [0.4, 0.5) is 14.6 Å². The van der Waals surface area contributed by atoms with E-state index in [9.17, 15) is 13.6 Å². The molecule has 26 heavy (non-hydrogen) atoms. The Morgan fingerprint density at radius 3 is 2.73 bits per heavy atom. The van der Waals surface area contributed by atoms with Crippen LogP contribution in [0.2, 0.25) is 0 Å². The Morgan fingerprint density at radius 2 is 1.96 bits per heavy atom. The van der Waals surface area contributed by atoms with Crippen LogP contribution < -0.4 is 15.8 Å². The summed E-state index contributed by atoms with van der Waals surface area (Å²) < 4.78 is 32.2. The number of carbonyl (C=O) groups excluding carboxylic acids is 1. The van der Waals surface area contributed by atoms with Gasteiger partial charge in [-0.15, -0.1) is 0 Å². The molecular weight excluding hydrogens is 342 g/mol. The van der Waals surface area contributed by atoms with Crippen molar-refractivity contribution in [3.8, 4) is 11.6 Å². The van der Waals surface area contributed by atoms with Crippen molar-refractivity contribution in [3.63, 3.8) is 0 Å². The molecule has 1 aromatic carbocycles. The van der Waals surface area contributed by atoms with Crippen molar-refractivity contribution in [1.82, 2.24) is 15.3 Å². The highest BCUT2D eigenvalue weighted by atomic mass is 19.1. The number of hydrogen-bond acceptors (Lipinski definition) is 5. The number of ether oxygens (including phenoxy) is 1. The van der Waals surface area contributed by atoms with Gasteiger partial charge in [-0.25, -0.2) is 18.7 Å². The van der Waals surface area contributed by atoms with Gasteiger partial charge in [-0.1, -0.05) is 6.07 Å². The van der Waals surface area contributed by atoms with Crippen LogP contribution in [0.5, 0.6) is 11.6 Å². The Balaban J connectivity index is 1.74. The summed E-state index contributed by atoms with van der Waals surface area (Å²) in [6.07, 6.45) is 2.89. The van der Waals surface area contributed by atoms with Crippen LogP contribution in [-0.2, 0) is 6.54 Å². The lowest BCUT2D eigenvalue weighted by Gasteiger charge is -2.11. The minimum absolute atomic E-state index is 0.0903. The summed E-state index contributed by atoms with van der Waals surface area (Å²) in [5.74, 6) is -1.75. The van der Waals surface area contributed by atoms with Gasteiger partial charge in [-0.2, -0.15) is 0 Å². The van der Waals surface area contributed by atoms with Gasteiger partial charge < -0.3 is 15.8 Å². The van der Waals surface area contributed by atoms with E-state index in [0.29, 0.717) is 17.2 Å². The number of carbonyl (C=O) groups is 1. The third-order valence-corrected chi connectivity index (χ3v) is 3.43. The largest absolute Gasteiger partial charge is 0.436 e. The predicted molar refractivity (Wildman–Crippen MR) is 90.5 cm³/mol. The maximum atomic E-state index is 13.8. The van der Waals surface area contributed by atoms with Crippen molar-refractivity contribution >= 4 is 11.7 Å². The highest BCUT2D eigenvalue weighted by Gasteiger charge is 2.12. The molecule has 2 heterocycles. The second-order valence-corrected chi connectivity index (χ2v) is 5.30. The van der Waals surface area contributed by atoms with Crippen molar-refractivity contribution in [2.24, 2.45) is 0 Å². The van der Waals surface area contributed by atoms with Gasteiger partial charge in [0.25, 0.3) is 5.91 Å². The van der Waals surface area contributed by atoms with Crippen LogP contribution in [0.15, 0.2) is 54.9 Å². The smallest absolute Gasteiger partial charge is 0.251 e. The van der Waals surface area contributed by atoms with Gasteiger partial charge in [0.2, 0.25) is 5.88 Å². The molecule has 0 aliphatic rings. The van der Waals surface area contributed by atoms with Crippen LogP contribution in [0.1, 0.15) is 15.9 Å². The molecule has 0 spiro atoms. The lowest BCUT2D eigenvalue weighted by atomic mass is 10.2. The first-order chi connectivity index (χ1) is 12.5. The highest BCUT2D eigenvalue weighted by molar-refractivity contribution is 5.94. The van der Waals surface area contributed by atoms with Gasteiger partial charge in [0, 0.05) is 36.1 Å². The topological polar surface area (TPSA) is 90.1 Å². The van der Waals surface area contributed by atoms with E-state index >= 15 is 0 Å². The monoisotopic (exact) mass is 356 g/mol. The van der Waals surface area contributed by atoms with Crippen LogP contribution in [0, 0.1) is 11.6 Å². The molecule has 0 saturated carbocycles. The first kappa shape index (κ1) is 17.3. The minimum Gasteiger partial charge on any atom is -0.436 e. The Labute approximate surface area is 147 Å². The van der Waals surface area contributed by atoms with Gasteiger partial charge in [0.1, 0.15) is 11.6 Å². The van der Waals surface area contributed by atoms with Crippen molar-refractivity contribution in [3.05, 3.63) is 77.6 Å². The zero-order chi connectivity index (χ0) is 18.5. The van der Waals surface area contributed by atoms with Crippen molar-refractivity contribution in [2.45, 2.75) is 6.54 Å². The number of rotatable bonds is 5. The number of pyridine rings is 2. The molecular formula is C18H14F2N4O2. The maximum absolute atomic E-state index is 13.8. The number of halogens is 2. The summed E-state index contributed by atoms with van der Waals surface area (Å²) in [6, 6.07) is 9.26. The van der Waals surface area contributed by atoms with Crippen molar-refractivity contribution < 1.29 is 18.3 Å². The number of aromatic nitrogens is 2. The molecule has 0 unspecified atom stereocenters. The molecule has 3 N–H and O–H groups in total. The molecule has 8 heteroatoms. The Morgan fingerprint density at radius 1 is 1.12 bits per heavy atom. The van der Waals surface area contributed by atoms with E-state index in [1.807, 2.05) is 0 Å². The SMILES string of the molecule is Nc1cc(C(=O)NCc2cccnc2Oc2ccc(F)cc2F)ccn1.